The fraction of sp³-hybridized carbons (Fsp3) is 0.435. The van der Waals surface area contributed by atoms with Crippen LogP contribution in [0, 0.1) is 5.82 Å². The zero-order valence-electron chi connectivity index (χ0n) is 16.5. The Bertz CT molecular complexity index is 778. The lowest BCUT2D eigenvalue weighted by Crippen LogP contribution is -2.11. The average molecular weight is 355 g/mol. The molecule has 0 amide bonds. The monoisotopic (exact) mass is 355 g/mol. The molecule has 0 spiro atoms. The molecule has 0 aliphatic carbocycles. The quantitative estimate of drug-likeness (QED) is 0.620. The topological polar surface area (TPSA) is 33.1 Å². The molecule has 0 aliphatic rings. The number of halogens is 1. The molecule has 0 atom stereocenters. The third-order valence-corrected chi connectivity index (χ3v) is 4.53. The number of aliphatic hydroxyl groups is 1. The summed E-state index contributed by atoms with van der Waals surface area (Å²) in [6.45, 7) is 10.3. The molecule has 140 valence electrons. The Morgan fingerprint density at radius 2 is 1.73 bits per heavy atom. The van der Waals surface area contributed by atoms with Crippen molar-refractivity contribution in [2.45, 2.75) is 65.9 Å². The fourth-order valence-electron chi connectivity index (χ4n) is 3.26. The third kappa shape index (κ3) is 4.21. The minimum absolute atomic E-state index is 0.147. The van der Waals surface area contributed by atoms with Gasteiger partial charge in [0.05, 0.1) is 12.3 Å². The van der Waals surface area contributed by atoms with Gasteiger partial charge in [-0.3, -0.25) is 4.98 Å². The summed E-state index contributed by atoms with van der Waals surface area (Å²) < 4.78 is 14.7. The summed E-state index contributed by atoms with van der Waals surface area (Å²) in [4.78, 5) is 4.90. The van der Waals surface area contributed by atoms with Crippen LogP contribution in [0.25, 0.3) is 17.2 Å². The van der Waals surface area contributed by atoms with Crippen LogP contribution in [-0.2, 0) is 6.61 Å². The summed E-state index contributed by atoms with van der Waals surface area (Å²) in [5.41, 5.74) is 4.76. The Balaban J connectivity index is 2.92. The van der Waals surface area contributed by atoms with Gasteiger partial charge in [0.2, 0.25) is 0 Å². The van der Waals surface area contributed by atoms with Gasteiger partial charge in [0.1, 0.15) is 5.82 Å². The number of nitrogens with zero attached hydrogens (tertiary/aromatic N) is 1. The summed E-state index contributed by atoms with van der Waals surface area (Å²) >= 11 is 0. The largest absolute Gasteiger partial charge is 0.392 e. The molecule has 2 aromatic rings. The SMILES string of the molecule is CCC/C=C/c1c(C(C)C)nc(C(C)C)c(CO)c1-c1ccccc1F. The lowest BCUT2D eigenvalue weighted by atomic mass is 9.87. The molecule has 2 rings (SSSR count). The van der Waals surface area contributed by atoms with Crippen molar-refractivity contribution in [1.82, 2.24) is 4.98 Å². The minimum Gasteiger partial charge on any atom is -0.392 e. The summed E-state index contributed by atoms with van der Waals surface area (Å²) in [7, 11) is 0. The van der Waals surface area contributed by atoms with E-state index in [0.717, 1.165) is 40.9 Å². The van der Waals surface area contributed by atoms with Crippen LogP contribution in [0.2, 0.25) is 0 Å². The molecular formula is C23H30FNO. The molecule has 0 bridgehead atoms. The number of allylic oxidation sites excluding steroid dienone is 1. The minimum atomic E-state index is -0.275. The first-order valence-corrected chi connectivity index (χ1v) is 9.51. The number of rotatable bonds is 7. The fourth-order valence-corrected chi connectivity index (χ4v) is 3.26. The second kappa shape index (κ2) is 9.09. The van der Waals surface area contributed by atoms with Gasteiger partial charge in [-0.05, 0) is 24.3 Å². The maximum atomic E-state index is 14.7. The van der Waals surface area contributed by atoms with Gasteiger partial charge in [-0.1, -0.05) is 71.4 Å². The lowest BCUT2D eigenvalue weighted by molar-refractivity contribution is 0.280. The number of pyridine rings is 1. The average Bonchev–Trinajstić information content (AvgIpc) is 2.61. The molecule has 1 heterocycles. The summed E-state index contributed by atoms with van der Waals surface area (Å²) in [5.74, 6) is 0.0730. The summed E-state index contributed by atoms with van der Waals surface area (Å²) in [6, 6.07) is 6.79. The van der Waals surface area contributed by atoms with Gasteiger partial charge in [0.25, 0.3) is 0 Å². The van der Waals surface area contributed by atoms with Crippen LogP contribution in [0.1, 0.15) is 81.8 Å². The molecule has 2 nitrogen and oxygen atoms in total. The molecule has 0 unspecified atom stereocenters. The molecule has 26 heavy (non-hydrogen) atoms. The van der Waals surface area contributed by atoms with Crippen molar-refractivity contribution < 1.29 is 9.50 Å². The van der Waals surface area contributed by atoms with E-state index in [1.807, 2.05) is 6.07 Å². The van der Waals surface area contributed by atoms with Crippen LogP contribution >= 0.6 is 0 Å². The highest BCUT2D eigenvalue weighted by Crippen LogP contribution is 2.38. The Morgan fingerprint density at radius 1 is 1.08 bits per heavy atom. The molecule has 0 fully saturated rings. The molecule has 0 aliphatic heterocycles. The predicted molar refractivity (Wildman–Crippen MR) is 108 cm³/mol. The van der Waals surface area contributed by atoms with Crippen molar-refractivity contribution >= 4 is 6.08 Å². The van der Waals surface area contributed by atoms with Crippen molar-refractivity contribution in [3.05, 3.63) is 58.7 Å². The van der Waals surface area contributed by atoms with Crippen LogP contribution in [0.3, 0.4) is 0 Å². The predicted octanol–water partition coefficient (Wildman–Crippen LogP) is 6.44. The highest BCUT2D eigenvalue weighted by molar-refractivity contribution is 5.80. The van der Waals surface area contributed by atoms with E-state index < -0.39 is 0 Å². The Morgan fingerprint density at radius 3 is 2.27 bits per heavy atom. The van der Waals surface area contributed by atoms with E-state index in [9.17, 15) is 9.50 Å². The van der Waals surface area contributed by atoms with Crippen molar-refractivity contribution in [1.29, 1.82) is 0 Å². The first-order chi connectivity index (χ1) is 12.4. The van der Waals surface area contributed by atoms with Crippen LogP contribution in [-0.4, -0.2) is 10.1 Å². The van der Waals surface area contributed by atoms with E-state index >= 15 is 0 Å². The smallest absolute Gasteiger partial charge is 0.131 e. The maximum Gasteiger partial charge on any atom is 0.131 e. The van der Waals surface area contributed by atoms with Crippen LogP contribution in [0.4, 0.5) is 4.39 Å². The highest BCUT2D eigenvalue weighted by Gasteiger charge is 2.23. The molecule has 3 heteroatoms. The zero-order valence-corrected chi connectivity index (χ0v) is 16.5. The second-order valence-electron chi connectivity index (χ2n) is 7.29. The zero-order chi connectivity index (χ0) is 19.3. The van der Waals surface area contributed by atoms with Crippen molar-refractivity contribution in [3.8, 4) is 11.1 Å². The van der Waals surface area contributed by atoms with Gasteiger partial charge in [-0.2, -0.15) is 0 Å². The van der Waals surface area contributed by atoms with Gasteiger partial charge < -0.3 is 5.11 Å². The Hall–Kier alpha value is -2.00. The molecule has 1 aromatic heterocycles. The summed E-state index contributed by atoms with van der Waals surface area (Å²) in [6.07, 6.45) is 6.17. The van der Waals surface area contributed by atoms with Gasteiger partial charge >= 0.3 is 0 Å². The number of unbranched alkanes of at least 4 members (excludes halogenated alkanes) is 1. The lowest BCUT2D eigenvalue weighted by Gasteiger charge is -2.23. The first-order valence-electron chi connectivity index (χ1n) is 9.51. The number of hydrogen-bond donors (Lipinski definition) is 1. The van der Waals surface area contributed by atoms with Gasteiger partial charge in [0, 0.05) is 27.9 Å². The van der Waals surface area contributed by atoms with Crippen molar-refractivity contribution in [2.75, 3.05) is 0 Å². The van der Waals surface area contributed by atoms with Gasteiger partial charge in [0.15, 0.2) is 0 Å². The van der Waals surface area contributed by atoms with Crippen LogP contribution < -0.4 is 0 Å². The molecule has 0 saturated heterocycles. The van der Waals surface area contributed by atoms with E-state index in [0.29, 0.717) is 5.56 Å². The standard InChI is InChI=1S/C23H30FNO/c1-6-7-8-12-18-21(17-11-9-10-13-20(17)24)19(14-26)23(16(4)5)25-22(18)15(2)3/h8-13,15-16,26H,6-7,14H2,1-5H3/b12-8+. The second-order valence-corrected chi connectivity index (χ2v) is 7.29. The Labute approximate surface area is 156 Å². The maximum absolute atomic E-state index is 14.7. The molecule has 0 radical (unpaired) electrons. The van der Waals surface area contributed by atoms with E-state index in [1.165, 1.54) is 6.07 Å². The van der Waals surface area contributed by atoms with E-state index in [1.54, 1.807) is 12.1 Å². The first kappa shape index (κ1) is 20.3. The number of hydrogen-bond acceptors (Lipinski definition) is 2. The number of aromatic nitrogens is 1. The molecule has 0 saturated carbocycles. The van der Waals surface area contributed by atoms with Gasteiger partial charge in [-0.25, -0.2) is 4.39 Å². The highest BCUT2D eigenvalue weighted by atomic mass is 19.1. The van der Waals surface area contributed by atoms with E-state index in [4.69, 9.17) is 4.98 Å². The van der Waals surface area contributed by atoms with Crippen molar-refractivity contribution in [2.24, 2.45) is 0 Å². The van der Waals surface area contributed by atoms with E-state index in [2.05, 4.69) is 46.8 Å². The molecular weight excluding hydrogens is 325 g/mol. The number of aliphatic hydroxyl groups excluding tert-OH is 1. The number of benzene rings is 1. The van der Waals surface area contributed by atoms with Gasteiger partial charge in [-0.15, -0.1) is 0 Å². The van der Waals surface area contributed by atoms with Crippen LogP contribution in [0.15, 0.2) is 30.3 Å². The normalized spacial score (nSPS) is 11.9. The van der Waals surface area contributed by atoms with E-state index in [-0.39, 0.29) is 24.3 Å². The molecule has 1 aromatic carbocycles. The van der Waals surface area contributed by atoms with Crippen LogP contribution in [0.5, 0.6) is 0 Å². The summed E-state index contributed by atoms with van der Waals surface area (Å²) in [5, 5.41) is 10.1. The van der Waals surface area contributed by atoms with Crippen molar-refractivity contribution in [3.63, 3.8) is 0 Å². The molecule has 1 N–H and O–H groups in total. The Kier molecular flexibility index (Phi) is 7.10. The third-order valence-electron chi connectivity index (χ3n) is 4.53.